The molecule has 1 aliphatic heterocycles. The van der Waals surface area contributed by atoms with Gasteiger partial charge in [0.05, 0.1) is 0 Å². The molecule has 0 aromatic rings. The van der Waals surface area contributed by atoms with Crippen LogP contribution in [-0.2, 0) is 4.79 Å². The zero-order valence-electron chi connectivity index (χ0n) is 5.02. The van der Waals surface area contributed by atoms with Crippen LogP contribution in [0.5, 0.6) is 0 Å². The molecule has 0 aromatic heterocycles. The highest BCUT2D eigenvalue weighted by molar-refractivity contribution is 7.80. The van der Waals surface area contributed by atoms with Crippen molar-refractivity contribution in [1.82, 2.24) is 0 Å². The number of carbonyl (C=O) groups is 1. The maximum atomic E-state index is 10.3. The van der Waals surface area contributed by atoms with Gasteiger partial charge in [-0.25, -0.2) is 4.99 Å². The fourth-order valence-corrected chi connectivity index (χ4v) is 0.718. The number of aliphatic imine (C=N–C) groups is 1. The zero-order chi connectivity index (χ0) is 7.56. The Hall–Kier alpha value is -1.03. The van der Waals surface area contributed by atoms with Crippen LogP contribution < -0.4 is 0 Å². The lowest BCUT2D eigenvalue weighted by molar-refractivity contribution is -0.137. The minimum atomic E-state index is -0.900. The Morgan fingerprint density at radius 2 is 2.50 bits per heavy atom. The first kappa shape index (κ1) is 7.08. The number of hydrogen-bond acceptors (Lipinski definition) is 2. The van der Waals surface area contributed by atoms with Crippen molar-refractivity contribution >= 4 is 29.4 Å². The van der Waals surface area contributed by atoms with Gasteiger partial charge in [0, 0.05) is 6.21 Å². The Balaban J connectivity index is 2.71. The number of carboxylic acid groups (broad SMARTS) is 1. The normalized spacial score (nSPS) is 23.2. The molecule has 0 aliphatic carbocycles. The molecule has 0 fully saturated rings. The predicted octanol–water partition coefficient (Wildman–Crippen LogP) is 0.655. The first-order chi connectivity index (χ1) is 4.70. The molecule has 1 heterocycles. The van der Waals surface area contributed by atoms with Crippen molar-refractivity contribution < 1.29 is 9.90 Å². The Morgan fingerprint density at radius 1 is 1.80 bits per heavy atom. The molecule has 0 amide bonds. The molecule has 4 heteroatoms. The van der Waals surface area contributed by atoms with Crippen LogP contribution in [0.1, 0.15) is 0 Å². The van der Waals surface area contributed by atoms with E-state index < -0.39 is 11.9 Å². The van der Waals surface area contributed by atoms with Crippen molar-refractivity contribution in [1.29, 1.82) is 0 Å². The first-order valence-electron chi connectivity index (χ1n) is 2.69. The standard InChI is InChI=1S/C6H5NO2S/c8-6(9)4-1-2-5(10)7-3-4/h1-4H,(H,8,9). The minimum absolute atomic E-state index is 0.428. The number of aliphatic carboxylic acids is 1. The Bertz CT molecular complexity index is 216. The Kier molecular flexibility index (Phi) is 1.91. The number of carboxylic acids is 1. The Morgan fingerprint density at radius 3 is 2.90 bits per heavy atom. The second-order valence-corrected chi connectivity index (χ2v) is 2.26. The molecule has 0 aromatic carbocycles. The lowest BCUT2D eigenvalue weighted by Gasteiger charge is -2.02. The van der Waals surface area contributed by atoms with Gasteiger partial charge in [-0.15, -0.1) is 0 Å². The second kappa shape index (κ2) is 2.70. The van der Waals surface area contributed by atoms with E-state index >= 15 is 0 Å². The molecule has 0 bridgehead atoms. The number of hydrogen-bond donors (Lipinski definition) is 1. The summed E-state index contributed by atoms with van der Waals surface area (Å²) in [6.45, 7) is 0. The van der Waals surface area contributed by atoms with E-state index in [1.54, 1.807) is 0 Å². The van der Waals surface area contributed by atoms with Gasteiger partial charge in [-0.3, -0.25) is 4.79 Å². The molecule has 0 radical (unpaired) electrons. The number of thiocarbonyl (C=S) groups is 1. The van der Waals surface area contributed by atoms with Crippen molar-refractivity contribution in [2.75, 3.05) is 0 Å². The summed E-state index contributed by atoms with van der Waals surface area (Å²) in [7, 11) is 0. The highest BCUT2D eigenvalue weighted by Gasteiger charge is 2.12. The first-order valence-corrected chi connectivity index (χ1v) is 3.10. The van der Waals surface area contributed by atoms with Gasteiger partial charge in [0.25, 0.3) is 0 Å². The summed E-state index contributed by atoms with van der Waals surface area (Å²) in [5.74, 6) is -1.51. The van der Waals surface area contributed by atoms with E-state index in [0.717, 1.165) is 0 Å². The Labute approximate surface area is 63.1 Å². The van der Waals surface area contributed by atoms with Gasteiger partial charge in [-0.05, 0) is 6.08 Å². The highest BCUT2D eigenvalue weighted by Crippen LogP contribution is 2.02. The van der Waals surface area contributed by atoms with E-state index in [0.29, 0.717) is 4.99 Å². The summed E-state index contributed by atoms with van der Waals surface area (Å²) < 4.78 is 0. The maximum Gasteiger partial charge on any atom is 0.315 e. The van der Waals surface area contributed by atoms with Crippen molar-refractivity contribution in [2.24, 2.45) is 10.9 Å². The lowest BCUT2D eigenvalue weighted by atomic mass is 10.1. The van der Waals surface area contributed by atoms with E-state index in [4.69, 9.17) is 5.11 Å². The average molecular weight is 155 g/mol. The molecular formula is C6H5NO2S. The van der Waals surface area contributed by atoms with Crippen molar-refractivity contribution in [3.05, 3.63) is 12.2 Å². The van der Waals surface area contributed by atoms with Crippen LogP contribution in [0.4, 0.5) is 0 Å². The summed E-state index contributed by atoms with van der Waals surface area (Å²) in [6, 6.07) is 0. The molecule has 52 valence electrons. The lowest BCUT2D eigenvalue weighted by Crippen LogP contribution is -2.15. The van der Waals surface area contributed by atoms with Crippen LogP contribution in [0, 0.1) is 5.92 Å². The van der Waals surface area contributed by atoms with Crippen molar-refractivity contribution in [3.63, 3.8) is 0 Å². The average Bonchev–Trinajstić information content (AvgIpc) is 1.88. The van der Waals surface area contributed by atoms with Crippen LogP contribution in [0.2, 0.25) is 0 Å². The van der Waals surface area contributed by atoms with E-state index in [9.17, 15) is 4.79 Å². The molecule has 1 atom stereocenters. The molecule has 10 heavy (non-hydrogen) atoms. The van der Waals surface area contributed by atoms with Crippen LogP contribution >= 0.6 is 12.2 Å². The molecule has 0 saturated carbocycles. The van der Waals surface area contributed by atoms with Crippen LogP contribution in [-0.4, -0.2) is 22.3 Å². The van der Waals surface area contributed by atoms with Crippen LogP contribution in [0.15, 0.2) is 17.1 Å². The summed E-state index contributed by atoms with van der Waals surface area (Å²) in [5.41, 5.74) is 0. The summed E-state index contributed by atoms with van der Waals surface area (Å²) in [5, 5.41) is 8.44. The van der Waals surface area contributed by atoms with E-state index in [1.807, 2.05) is 0 Å². The van der Waals surface area contributed by atoms with Crippen molar-refractivity contribution in [2.45, 2.75) is 0 Å². The van der Waals surface area contributed by atoms with Gasteiger partial charge < -0.3 is 5.11 Å². The summed E-state index contributed by atoms with van der Waals surface area (Å²) >= 11 is 4.67. The van der Waals surface area contributed by atoms with Crippen LogP contribution in [0.3, 0.4) is 0 Å². The molecule has 0 spiro atoms. The van der Waals surface area contributed by atoms with Gasteiger partial charge in [0.1, 0.15) is 10.9 Å². The fourth-order valence-electron chi connectivity index (χ4n) is 0.579. The zero-order valence-corrected chi connectivity index (χ0v) is 5.84. The number of nitrogens with zero attached hydrogens (tertiary/aromatic N) is 1. The third kappa shape index (κ3) is 1.48. The molecule has 1 aliphatic rings. The van der Waals surface area contributed by atoms with Gasteiger partial charge in [-0.1, -0.05) is 18.3 Å². The van der Waals surface area contributed by atoms with Crippen LogP contribution in [0.25, 0.3) is 0 Å². The SMILES string of the molecule is O=C(O)C1C=CC(=S)N=C1. The van der Waals surface area contributed by atoms with Crippen molar-refractivity contribution in [3.8, 4) is 0 Å². The predicted molar refractivity (Wildman–Crippen MR) is 41.4 cm³/mol. The topological polar surface area (TPSA) is 49.7 Å². The van der Waals surface area contributed by atoms with E-state index in [2.05, 4.69) is 17.2 Å². The molecule has 3 nitrogen and oxygen atoms in total. The van der Waals surface area contributed by atoms with Gasteiger partial charge >= 0.3 is 5.97 Å². The minimum Gasteiger partial charge on any atom is -0.481 e. The third-order valence-corrected chi connectivity index (χ3v) is 1.34. The van der Waals surface area contributed by atoms with Gasteiger partial charge in [0.2, 0.25) is 0 Å². The molecule has 1 rings (SSSR count). The molecule has 0 saturated heterocycles. The highest BCUT2D eigenvalue weighted by atomic mass is 32.1. The summed E-state index contributed by atoms with van der Waals surface area (Å²) in [4.78, 5) is 14.4. The second-order valence-electron chi connectivity index (χ2n) is 1.84. The molecule has 1 N–H and O–H groups in total. The van der Waals surface area contributed by atoms with Gasteiger partial charge in [0.15, 0.2) is 0 Å². The number of rotatable bonds is 1. The largest absolute Gasteiger partial charge is 0.481 e. The summed E-state index contributed by atoms with van der Waals surface area (Å²) in [6.07, 6.45) is 4.36. The quantitative estimate of drug-likeness (QED) is 0.566. The molecular weight excluding hydrogens is 150 g/mol. The fraction of sp³-hybridized carbons (Fsp3) is 0.167. The maximum absolute atomic E-state index is 10.3. The van der Waals surface area contributed by atoms with E-state index in [-0.39, 0.29) is 0 Å². The smallest absolute Gasteiger partial charge is 0.315 e. The number of dihydropyridines is 1. The van der Waals surface area contributed by atoms with Gasteiger partial charge in [-0.2, -0.15) is 0 Å². The van der Waals surface area contributed by atoms with E-state index in [1.165, 1.54) is 18.4 Å². The third-order valence-electron chi connectivity index (χ3n) is 1.09. The monoisotopic (exact) mass is 155 g/mol. The molecule has 1 unspecified atom stereocenters.